The van der Waals surface area contributed by atoms with Gasteiger partial charge in [-0.05, 0) is 31.0 Å². The van der Waals surface area contributed by atoms with Gasteiger partial charge in [0.15, 0.2) is 0 Å². The number of rotatable bonds is 9. The highest BCUT2D eigenvalue weighted by atomic mass is 17.2. The largest absolute Gasteiger partial charge is 0.489 e. The van der Waals surface area contributed by atoms with Gasteiger partial charge in [-0.3, -0.25) is 4.79 Å². The number of hydrogen-bond donors (Lipinski definition) is 4. The molecule has 3 aliphatic rings. The zero-order valence-electron chi connectivity index (χ0n) is 18.4. The van der Waals surface area contributed by atoms with Crippen LogP contribution in [0.2, 0.25) is 0 Å². The van der Waals surface area contributed by atoms with Gasteiger partial charge >= 0.3 is 0 Å². The predicted molar refractivity (Wildman–Crippen MR) is 121 cm³/mol. The van der Waals surface area contributed by atoms with Crippen LogP contribution in [-0.4, -0.2) is 61.0 Å². The van der Waals surface area contributed by atoms with Crippen molar-refractivity contribution in [3.05, 3.63) is 30.0 Å². The molecule has 176 valence electrons. The molecule has 11 heteroatoms. The number of carbonyl (C=O) groups is 1. The normalized spacial score (nSPS) is 20.9. The monoisotopic (exact) mass is 456 g/mol. The first kappa shape index (κ1) is 21.7. The summed E-state index contributed by atoms with van der Waals surface area (Å²) in [4.78, 5) is 31.3. The first-order valence-corrected chi connectivity index (χ1v) is 11.0. The number of nitrogens with zero attached hydrogens (tertiary/aromatic N) is 2. The lowest BCUT2D eigenvalue weighted by Gasteiger charge is -2.37. The van der Waals surface area contributed by atoms with Crippen molar-refractivity contribution in [1.82, 2.24) is 9.97 Å². The van der Waals surface area contributed by atoms with E-state index in [0.717, 1.165) is 24.2 Å². The lowest BCUT2D eigenvalue weighted by atomic mass is 9.90. The van der Waals surface area contributed by atoms with Gasteiger partial charge in [-0.15, -0.1) is 0 Å². The number of ether oxygens (including phenoxy) is 2. The SMILES string of the molecule is CC1(COOC2CNc3cc(Nc4ncc(C(N)=O)c(NC5CC5)n4)ccc3OC2)COC1. The van der Waals surface area contributed by atoms with Gasteiger partial charge in [0.1, 0.15) is 24.3 Å². The van der Waals surface area contributed by atoms with Crippen LogP contribution in [0.1, 0.15) is 30.1 Å². The lowest BCUT2D eigenvalue weighted by Crippen LogP contribution is -2.44. The molecule has 2 aromatic rings. The van der Waals surface area contributed by atoms with Crippen LogP contribution in [0.15, 0.2) is 24.4 Å². The molecule has 1 saturated carbocycles. The number of aromatic nitrogens is 2. The van der Waals surface area contributed by atoms with Crippen molar-refractivity contribution in [1.29, 1.82) is 0 Å². The zero-order valence-corrected chi connectivity index (χ0v) is 18.4. The Labute approximate surface area is 191 Å². The Hall–Kier alpha value is -3.15. The number of amides is 1. The summed E-state index contributed by atoms with van der Waals surface area (Å²) in [6, 6.07) is 5.96. The van der Waals surface area contributed by atoms with E-state index >= 15 is 0 Å². The summed E-state index contributed by atoms with van der Waals surface area (Å²) >= 11 is 0. The molecule has 0 radical (unpaired) electrons. The second-order valence-corrected chi connectivity index (χ2v) is 9.05. The number of hydrogen-bond acceptors (Lipinski definition) is 10. The molecule has 1 unspecified atom stereocenters. The summed E-state index contributed by atoms with van der Waals surface area (Å²) < 4.78 is 11.1. The molecular weight excluding hydrogens is 428 g/mol. The average Bonchev–Trinajstić information content (AvgIpc) is 3.60. The maximum atomic E-state index is 11.7. The van der Waals surface area contributed by atoms with Gasteiger partial charge in [0.05, 0.1) is 31.1 Å². The van der Waals surface area contributed by atoms with E-state index in [1.165, 1.54) is 6.20 Å². The fourth-order valence-electron chi connectivity index (χ4n) is 3.49. The van der Waals surface area contributed by atoms with Crippen LogP contribution in [-0.2, 0) is 14.5 Å². The van der Waals surface area contributed by atoms with Crippen molar-refractivity contribution in [3.63, 3.8) is 0 Å². The van der Waals surface area contributed by atoms with E-state index in [4.69, 9.17) is 25.0 Å². The van der Waals surface area contributed by atoms with Gasteiger partial charge in [0.2, 0.25) is 5.95 Å². The van der Waals surface area contributed by atoms with Gasteiger partial charge in [0.25, 0.3) is 5.91 Å². The van der Waals surface area contributed by atoms with Gasteiger partial charge in [-0.25, -0.2) is 14.8 Å². The van der Waals surface area contributed by atoms with E-state index in [1.54, 1.807) is 0 Å². The van der Waals surface area contributed by atoms with Crippen LogP contribution in [0, 0.1) is 5.41 Å². The Morgan fingerprint density at radius 3 is 2.94 bits per heavy atom. The summed E-state index contributed by atoms with van der Waals surface area (Å²) in [5, 5.41) is 9.74. The van der Waals surface area contributed by atoms with Gasteiger partial charge in [-0.2, -0.15) is 4.98 Å². The van der Waals surface area contributed by atoms with Gasteiger partial charge < -0.3 is 31.2 Å². The summed E-state index contributed by atoms with van der Waals surface area (Å²) in [6.45, 7) is 4.85. The van der Waals surface area contributed by atoms with E-state index in [0.29, 0.717) is 56.5 Å². The Morgan fingerprint density at radius 2 is 2.21 bits per heavy atom. The molecule has 1 aromatic carbocycles. The van der Waals surface area contributed by atoms with E-state index in [2.05, 4.69) is 32.8 Å². The van der Waals surface area contributed by atoms with Crippen molar-refractivity contribution >= 4 is 29.0 Å². The molecule has 1 amide bonds. The first-order chi connectivity index (χ1) is 16.0. The number of anilines is 4. The number of primary amides is 1. The molecule has 33 heavy (non-hydrogen) atoms. The summed E-state index contributed by atoms with van der Waals surface area (Å²) in [6.07, 6.45) is 3.28. The molecule has 11 nitrogen and oxygen atoms in total. The van der Waals surface area contributed by atoms with Crippen LogP contribution in [0.3, 0.4) is 0 Å². The molecule has 0 bridgehead atoms. The van der Waals surface area contributed by atoms with E-state index in [-0.39, 0.29) is 17.1 Å². The van der Waals surface area contributed by atoms with E-state index < -0.39 is 5.91 Å². The minimum Gasteiger partial charge on any atom is -0.489 e. The Balaban J connectivity index is 1.21. The van der Waals surface area contributed by atoms with Crippen molar-refractivity contribution in [2.75, 3.05) is 48.9 Å². The second kappa shape index (κ2) is 9.00. The lowest BCUT2D eigenvalue weighted by molar-refractivity contribution is -0.349. The van der Waals surface area contributed by atoms with Crippen molar-refractivity contribution < 1.29 is 24.0 Å². The quantitative estimate of drug-likeness (QED) is 0.327. The topological polar surface area (TPSA) is 142 Å². The molecule has 2 aliphatic heterocycles. The Bertz CT molecular complexity index is 1030. The third-order valence-electron chi connectivity index (χ3n) is 5.67. The summed E-state index contributed by atoms with van der Waals surface area (Å²) in [5.41, 5.74) is 7.33. The molecular formula is C22H28N6O5. The molecule has 1 saturated heterocycles. The van der Waals surface area contributed by atoms with Crippen LogP contribution >= 0.6 is 0 Å². The Kier molecular flexibility index (Phi) is 5.92. The van der Waals surface area contributed by atoms with Crippen LogP contribution in [0.25, 0.3) is 0 Å². The second-order valence-electron chi connectivity index (χ2n) is 9.05. The van der Waals surface area contributed by atoms with Crippen LogP contribution in [0.5, 0.6) is 5.75 Å². The molecule has 2 fully saturated rings. The minimum atomic E-state index is -0.563. The highest BCUT2D eigenvalue weighted by Crippen LogP contribution is 2.32. The van der Waals surface area contributed by atoms with Gasteiger partial charge in [-0.1, -0.05) is 6.92 Å². The van der Waals surface area contributed by atoms with Crippen LogP contribution < -0.4 is 26.4 Å². The summed E-state index contributed by atoms with van der Waals surface area (Å²) in [5.74, 6) is 0.959. The number of nitrogens with two attached hydrogens (primary N) is 1. The molecule has 1 aromatic heterocycles. The van der Waals surface area contributed by atoms with Crippen molar-refractivity contribution in [2.24, 2.45) is 11.1 Å². The molecule has 1 aliphatic carbocycles. The fourth-order valence-corrected chi connectivity index (χ4v) is 3.49. The highest BCUT2D eigenvalue weighted by Gasteiger charge is 2.34. The van der Waals surface area contributed by atoms with Gasteiger partial charge in [0, 0.05) is 29.9 Å². The molecule has 0 spiro atoms. The third kappa shape index (κ3) is 5.27. The van der Waals surface area contributed by atoms with E-state index in [9.17, 15) is 4.79 Å². The third-order valence-corrected chi connectivity index (χ3v) is 5.67. The van der Waals surface area contributed by atoms with Crippen molar-refractivity contribution in [2.45, 2.75) is 31.9 Å². The maximum absolute atomic E-state index is 11.7. The fraction of sp³-hybridized carbons (Fsp3) is 0.500. The maximum Gasteiger partial charge on any atom is 0.254 e. The minimum absolute atomic E-state index is 0.0221. The van der Waals surface area contributed by atoms with E-state index in [1.807, 2.05) is 18.2 Å². The number of fused-ring (bicyclic) bond motifs is 1. The highest BCUT2D eigenvalue weighted by molar-refractivity contribution is 5.97. The predicted octanol–water partition coefficient (Wildman–Crippen LogP) is 2.05. The number of nitrogens with one attached hydrogen (secondary N) is 3. The van der Waals surface area contributed by atoms with Crippen molar-refractivity contribution in [3.8, 4) is 5.75 Å². The van der Waals surface area contributed by atoms with Crippen LogP contribution in [0.4, 0.5) is 23.1 Å². The molecule has 5 rings (SSSR count). The average molecular weight is 457 g/mol. The molecule has 5 N–H and O–H groups in total. The first-order valence-electron chi connectivity index (χ1n) is 11.0. The molecule has 1 atom stereocenters. The zero-order chi connectivity index (χ0) is 22.8. The number of carbonyl (C=O) groups excluding carboxylic acids is 1. The standard InChI is InChI=1S/C22H28N6O5/c1-22(10-30-11-22)12-32-33-15-7-24-17-6-14(4-5-18(17)31-9-15)27-21-25-8-16(19(23)29)20(28-21)26-13-2-3-13/h4-6,8,13,15,24H,2-3,7,9-12H2,1H3,(H2,23,29)(H2,25,26,27,28). The smallest absolute Gasteiger partial charge is 0.254 e. The summed E-state index contributed by atoms with van der Waals surface area (Å²) in [7, 11) is 0. The molecule has 3 heterocycles. The Morgan fingerprint density at radius 1 is 1.36 bits per heavy atom. The number of benzene rings is 1.